The van der Waals surface area contributed by atoms with Crippen LogP contribution in [-0.2, 0) is 12.8 Å². The van der Waals surface area contributed by atoms with Crippen LogP contribution in [0.1, 0.15) is 25.0 Å². The van der Waals surface area contributed by atoms with Crippen LogP contribution >= 0.6 is 0 Å². The van der Waals surface area contributed by atoms with E-state index >= 15 is 0 Å². The van der Waals surface area contributed by atoms with Gasteiger partial charge in [0.25, 0.3) is 0 Å². The summed E-state index contributed by atoms with van der Waals surface area (Å²) in [4.78, 5) is 2.50. The molecule has 0 aromatic heterocycles. The molecule has 2 heteroatoms. The molecule has 0 aliphatic carbocycles. The summed E-state index contributed by atoms with van der Waals surface area (Å²) in [7, 11) is 2.01. The Morgan fingerprint density at radius 2 is 2.19 bits per heavy atom. The predicted octanol–water partition coefficient (Wildman–Crippen LogP) is 2.22. The van der Waals surface area contributed by atoms with E-state index in [1.165, 1.54) is 29.8 Å². The lowest BCUT2D eigenvalue weighted by Gasteiger charge is -2.24. The van der Waals surface area contributed by atoms with Crippen molar-refractivity contribution in [2.24, 2.45) is 0 Å². The number of hydrogen-bond acceptors (Lipinski definition) is 2. The van der Waals surface area contributed by atoms with Crippen molar-refractivity contribution in [3.05, 3.63) is 29.3 Å². The van der Waals surface area contributed by atoms with Gasteiger partial charge in [0.05, 0.1) is 0 Å². The smallest absolute Gasteiger partial charge is 0.0402 e. The first kappa shape index (κ1) is 11.5. The van der Waals surface area contributed by atoms with Crippen LogP contribution in [0.3, 0.4) is 0 Å². The largest absolute Gasteiger partial charge is 0.369 e. The van der Waals surface area contributed by atoms with Gasteiger partial charge in [0.15, 0.2) is 0 Å². The van der Waals surface area contributed by atoms with E-state index in [1.807, 2.05) is 7.05 Å². The molecular weight excluding hydrogens is 196 g/mol. The van der Waals surface area contributed by atoms with Crippen LogP contribution in [0, 0.1) is 0 Å². The molecule has 0 saturated heterocycles. The fraction of sp³-hybridized carbons (Fsp3) is 0.571. The lowest BCUT2D eigenvalue weighted by atomic mass is 10.1. The summed E-state index contributed by atoms with van der Waals surface area (Å²) in [6.07, 6.45) is 2.34. The maximum absolute atomic E-state index is 3.20. The van der Waals surface area contributed by atoms with Crippen LogP contribution in [0.4, 0.5) is 5.69 Å². The quantitative estimate of drug-likeness (QED) is 0.833. The van der Waals surface area contributed by atoms with Gasteiger partial charge in [-0.1, -0.05) is 12.1 Å². The fourth-order valence-corrected chi connectivity index (χ4v) is 2.44. The van der Waals surface area contributed by atoms with Crippen LogP contribution in [0.5, 0.6) is 0 Å². The SMILES string of the molecule is CNCCc1ccc2c(c1)CCN2C(C)C. The molecule has 0 spiro atoms. The average Bonchev–Trinajstić information content (AvgIpc) is 2.69. The summed E-state index contributed by atoms with van der Waals surface area (Å²) in [6, 6.07) is 7.57. The Labute approximate surface area is 98.7 Å². The van der Waals surface area contributed by atoms with Crippen LogP contribution in [0.15, 0.2) is 18.2 Å². The Morgan fingerprint density at radius 3 is 2.88 bits per heavy atom. The Morgan fingerprint density at radius 1 is 1.38 bits per heavy atom. The second-order valence-corrected chi connectivity index (χ2v) is 4.85. The second kappa shape index (κ2) is 4.88. The minimum Gasteiger partial charge on any atom is -0.369 e. The highest BCUT2D eigenvalue weighted by Gasteiger charge is 2.20. The number of nitrogens with one attached hydrogen (secondary N) is 1. The molecular formula is C14H22N2. The predicted molar refractivity (Wildman–Crippen MR) is 70.3 cm³/mol. The third-order valence-corrected chi connectivity index (χ3v) is 3.36. The van der Waals surface area contributed by atoms with Crippen LogP contribution in [-0.4, -0.2) is 26.2 Å². The van der Waals surface area contributed by atoms with Gasteiger partial charge >= 0.3 is 0 Å². The maximum atomic E-state index is 3.20. The summed E-state index contributed by atoms with van der Waals surface area (Å²) >= 11 is 0. The zero-order valence-corrected chi connectivity index (χ0v) is 10.6. The summed E-state index contributed by atoms with van der Waals surface area (Å²) < 4.78 is 0. The van der Waals surface area contributed by atoms with E-state index in [-0.39, 0.29) is 0 Å². The van der Waals surface area contributed by atoms with Crippen LogP contribution in [0.2, 0.25) is 0 Å². The van der Waals surface area contributed by atoms with Crippen molar-refractivity contribution in [3.8, 4) is 0 Å². The maximum Gasteiger partial charge on any atom is 0.0402 e. The van der Waals surface area contributed by atoms with Crippen molar-refractivity contribution < 1.29 is 0 Å². The molecule has 1 aliphatic rings. The number of rotatable bonds is 4. The van der Waals surface area contributed by atoms with Crippen molar-refractivity contribution in [2.45, 2.75) is 32.7 Å². The van der Waals surface area contributed by atoms with Crippen molar-refractivity contribution in [1.29, 1.82) is 0 Å². The molecule has 0 fully saturated rings. The molecule has 0 unspecified atom stereocenters. The molecule has 88 valence electrons. The molecule has 0 radical (unpaired) electrons. The molecule has 1 aromatic rings. The van der Waals surface area contributed by atoms with Gasteiger partial charge in [-0.15, -0.1) is 0 Å². The zero-order valence-electron chi connectivity index (χ0n) is 10.6. The van der Waals surface area contributed by atoms with Crippen LogP contribution in [0.25, 0.3) is 0 Å². The van der Waals surface area contributed by atoms with E-state index in [9.17, 15) is 0 Å². The van der Waals surface area contributed by atoms with Gasteiger partial charge in [-0.25, -0.2) is 0 Å². The molecule has 0 saturated carbocycles. The lowest BCUT2D eigenvalue weighted by Crippen LogP contribution is -2.28. The first-order chi connectivity index (χ1) is 7.72. The second-order valence-electron chi connectivity index (χ2n) is 4.85. The number of anilines is 1. The van der Waals surface area contributed by atoms with Gasteiger partial charge in [0.1, 0.15) is 0 Å². The molecule has 16 heavy (non-hydrogen) atoms. The monoisotopic (exact) mass is 218 g/mol. The average molecular weight is 218 g/mol. The zero-order chi connectivity index (χ0) is 11.5. The molecule has 2 nitrogen and oxygen atoms in total. The van der Waals surface area contributed by atoms with Crippen molar-refractivity contribution in [3.63, 3.8) is 0 Å². The van der Waals surface area contributed by atoms with Gasteiger partial charge in [0, 0.05) is 18.3 Å². The highest BCUT2D eigenvalue weighted by molar-refractivity contribution is 5.59. The van der Waals surface area contributed by atoms with Gasteiger partial charge in [-0.2, -0.15) is 0 Å². The normalized spacial score (nSPS) is 14.6. The van der Waals surface area contributed by atoms with Crippen molar-refractivity contribution in [1.82, 2.24) is 5.32 Å². The van der Waals surface area contributed by atoms with Gasteiger partial charge in [-0.3, -0.25) is 0 Å². The summed E-state index contributed by atoms with van der Waals surface area (Å²) in [5, 5.41) is 3.20. The molecule has 0 amide bonds. The number of likely N-dealkylation sites (N-methyl/N-ethyl adjacent to an activating group) is 1. The molecule has 1 heterocycles. The highest BCUT2D eigenvalue weighted by atomic mass is 15.2. The van der Waals surface area contributed by atoms with E-state index in [1.54, 1.807) is 0 Å². The molecule has 0 bridgehead atoms. The first-order valence-corrected chi connectivity index (χ1v) is 6.25. The van der Waals surface area contributed by atoms with E-state index in [0.717, 1.165) is 13.0 Å². The topological polar surface area (TPSA) is 15.3 Å². The summed E-state index contributed by atoms with van der Waals surface area (Å²) in [5.41, 5.74) is 4.43. The Kier molecular flexibility index (Phi) is 3.49. The molecule has 1 aromatic carbocycles. The third kappa shape index (κ3) is 2.22. The molecule has 0 atom stereocenters. The highest BCUT2D eigenvalue weighted by Crippen LogP contribution is 2.30. The van der Waals surface area contributed by atoms with E-state index in [4.69, 9.17) is 0 Å². The minimum absolute atomic E-state index is 0.615. The Hall–Kier alpha value is -1.02. The summed E-state index contributed by atoms with van der Waals surface area (Å²) in [6.45, 7) is 6.78. The third-order valence-electron chi connectivity index (χ3n) is 3.36. The number of fused-ring (bicyclic) bond motifs is 1. The molecule has 1 aliphatic heterocycles. The number of benzene rings is 1. The van der Waals surface area contributed by atoms with E-state index in [0.29, 0.717) is 6.04 Å². The summed E-state index contributed by atoms with van der Waals surface area (Å²) in [5.74, 6) is 0. The molecule has 1 N–H and O–H groups in total. The van der Waals surface area contributed by atoms with Gasteiger partial charge < -0.3 is 10.2 Å². The van der Waals surface area contributed by atoms with Crippen molar-refractivity contribution >= 4 is 5.69 Å². The Balaban J connectivity index is 2.16. The number of hydrogen-bond donors (Lipinski definition) is 1. The minimum atomic E-state index is 0.615. The number of nitrogens with zero attached hydrogens (tertiary/aromatic N) is 1. The standard InChI is InChI=1S/C14H22N2/c1-11(2)16-9-7-13-10-12(6-8-15-3)4-5-14(13)16/h4-5,10-11,15H,6-9H2,1-3H3. The van der Waals surface area contributed by atoms with E-state index in [2.05, 4.69) is 42.3 Å². The van der Waals surface area contributed by atoms with Crippen LogP contribution < -0.4 is 10.2 Å². The Bertz CT molecular complexity index is 358. The molecule has 2 rings (SSSR count). The van der Waals surface area contributed by atoms with Gasteiger partial charge in [0.2, 0.25) is 0 Å². The van der Waals surface area contributed by atoms with Gasteiger partial charge in [-0.05, 0) is 57.5 Å². The lowest BCUT2D eigenvalue weighted by molar-refractivity contribution is 0.710. The van der Waals surface area contributed by atoms with Crippen molar-refractivity contribution in [2.75, 3.05) is 25.0 Å². The van der Waals surface area contributed by atoms with E-state index < -0.39 is 0 Å². The fourth-order valence-electron chi connectivity index (χ4n) is 2.44. The first-order valence-electron chi connectivity index (χ1n) is 6.25.